The molecule has 0 saturated heterocycles. The molecule has 0 saturated carbocycles. The van der Waals surface area contributed by atoms with E-state index >= 15 is 0 Å². The third kappa shape index (κ3) is 5.17. The van der Waals surface area contributed by atoms with Crippen LogP contribution in [0, 0.1) is 0 Å². The van der Waals surface area contributed by atoms with Crippen molar-refractivity contribution in [1.29, 1.82) is 0 Å². The molecule has 3 nitrogen and oxygen atoms in total. The Morgan fingerprint density at radius 2 is 1.71 bits per heavy atom. The number of rotatable bonds is 4. The Labute approximate surface area is 102 Å². The van der Waals surface area contributed by atoms with Gasteiger partial charge in [0.15, 0.2) is 0 Å². The van der Waals surface area contributed by atoms with Crippen molar-refractivity contribution < 1.29 is 12.3 Å². The highest BCUT2D eigenvalue weighted by atomic mass is 32.3. The Hall–Kier alpha value is -1.10. The summed E-state index contributed by atoms with van der Waals surface area (Å²) in [5, 5.41) is 2.86. The minimum Gasteiger partial charge on any atom is -0.384 e. The molecular formula is C12H18FNO2S. The van der Waals surface area contributed by atoms with Gasteiger partial charge >= 0.3 is 10.2 Å². The number of nitrogens with one attached hydrogen (secondary N) is 1. The SMILES string of the molecule is CC(C)(C)c1ccc(NCCS(=O)(=O)F)cc1. The average molecular weight is 259 g/mol. The molecule has 1 aromatic carbocycles. The molecule has 0 aromatic heterocycles. The molecule has 0 unspecified atom stereocenters. The summed E-state index contributed by atoms with van der Waals surface area (Å²) in [6, 6.07) is 7.69. The first-order valence-corrected chi connectivity index (χ1v) is 7.00. The maximum absolute atomic E-state index is 12.2. The fraction of sp³-hybridized carbons (Fsp3) is 0.500. The summed E-state index contributed by atoms with van der Waals surface area (Å²) in [7, 11) is -4.39. The van der Waals surface area contributed by atoms with Crippen molar-refractivity contribution in [1.82, 2.24) is 0 Å². The Balaban J connectivity index is 2.58. The number of hydrogen-bond acceptors (Lipinski definition) is 3. The summed E-state index contributed by atoms with van der Waals surface area (Å²) in [4.78, 5) is 0. The summed E-state index contributed by atoms with van der Waals surface area (Å²) < 4.78 is 32.8. The molecule has 0 aliphatic heterocycles. The van der Waals surface area contributed by atoms with E-state index in [-0.39, 0.29) is 12.0 Å². The van der Waals surface area contributed by atoms with E-state index in [0.29, 0.717) is 0 Å². The highest BCUT2D eigenvalue weighted by Crippen LogP contribution is 2.23. The maximum atomic E-state index is 12.2. The third-order valence-electron chi connectivity index (χ3n) is 2.43. The molecular weight excluding hydrogens is 241 g/mol. The second kappa shape index (κ2) is 5.04. The zero-order chi connectivity index (χ0) is 13.1. The number of anilines is 1. The van der Waals surface area contributed by atoms with Crippen molar-refractivity contribution in [2.45, 2.75) is 26.2 Å². The van der Waals surface area contributed by atoms with Gasteiger partial charge in [-0.05, 0) is 23.1 Å². The molecule has 0 amide bonds. The Kier molecular flexibility index (Phi) is 4.14. The van der Waals surface area contributed by atoms with Crippen molar-refractivity contribution in [2.75, 3.05) is 17.6 Å². The van der Waals surface area contributed by atoms with E-state index < -0.39 is 16.0 Å². The van der Waals surface area contributed by atoms with E-state index in [1.54, 1.807) is 0 Å². The zero-order valence-corrected chi connectivity index (χ0v) is 11.1. The molecule has 0 bridgehead atoms. The molecule has 0 fully saturated rings. The van der Waals surface area contributed by atoms with Gasteiger partial charge in [0.2, 0.25) is 0 Å². The quantitative estimate of drug-likeness (QED) is 0.846. The van der Waals surface area contributed by atoms with Gasteiger partial charge in [-0.25, -0.2) is 0 Å². The first-order valence-electron chi connectivity index (χ1n) is 5.45. The van der Waals surface area contributed by atoms with Crippen LogP contribution in [-0.2, 0) is 15.6 Å². The topological polar surface area (TPSA) is 46.2 Å². The molecule has 1 N–H and O–H groups in total. The van der Waals surface area contributed by atoms with Crippen LogP contribution in [0.15, 0.2) is 24.3 Å². The lowest BCUT2D eigenvalue weighted by Gasteiger charge is -2.19. The molecule has 5 heteroatoms. The normalized spacial score (nSPS) is 12.5. The van der Waals surface area contributed by atoms with Crippen LogP contribution >= 0.6 is 0 Å². The van der Waals surface area contributed by atoms with E-state index in [1.165, 1.54) is 5.56 Å². The standard InChI is InChI=1S/C12H18FNO2S/c1-12(2,3)10-4-6-11(7-5-10)14-8-9-17(13,15)16/h4-7,14H,8-9H2,1-3H3. The summed E-state index contributed by atoms with van der Waals surface area (Å²) in [5.41, 5.74) is 2.07. The summed E-state index contributed by atoms with van der Waals surface area (Å²) in [6.07, 6.45) is 0. The van der Waals surface area contributed by atoms with Crippen LogP contribution in [0.5, 0.6) is 0 Å². The number of hydrogen-bond donors (Lipinski definition) is 1. The van der Waals surface area contributed by atoms with E-state index in [4.69, 9.17) is 0 Å². The first-order chi connectivity index (χ1) is 7.68. The fourth-order valence-electron chi connectivity index (χ4n) is 1.41. The van der Waals surface area contributed by atoms with Crippen LogP contribution in [0.2, 0.25) is 0 Å². The lowest BCUT2D eigenvalue weighted by molar-refractivity contribution is 0.552. The molecule has 1 rings (SSSR count). The Morgan fingerprint density at radius 3 is 2.12 bits per heavy atom. The van der Waals surface area contributed by atoms with Gasteiger partial charge in [-0.1, -0.05) is 32.9 Å². The van der Waals surface area contributed by atoms with Crippen molar-refractivity contribution >= 4 is 15.9 Å². The zero-order valence-electron chi connectivity index (χ0n) is 10.3. The van der Waals surface area contributed by atoms with E-state index in [9.17, 15) is 12.3 Å². The molecule has 1 aromatic rings. The molecule has 0 aliphatic rings. The van der Waals surface area contributed by atoms with Crippen molar-refractivity contribution in [3.8, 4) is 0 Å². The van der Waals surface area contributed by atoms with Gasteiger partial charge in [0.25, 0.3) is 0 Å². The highest BCUT2D eigenvalue weighted by molar-refractivity contribution is 7.86. The van der Waals surface area contributed by atoms with Gasteiger partial charge in [-0.3, -0.25) is 0 Å². The van der Waals surface area contributed by atoms with Crippen LogP contribution in [0.25, 0.3) is 0 Å². The molecule has 96 valence electrons. The molecule has 0 heterocycles. The third-order valence-corrected chi connectivity index (χ3v) is 3.12. The second-order valence-corrected chi connectivity index (χ2v) is 6.48. The predicted octanol–water partition coefficient (Wildman–Crippen LogP) is 2.70. The predicted molar refractivity (Wildman–Crippen MR) is 68.5 cm³/mol. The lowest BCUT2D eigenvalue weighted by atomic mass is 9.87. The van der Waals surface area contributed by atoms with E-state index in [1.807, 2.05) is 24.3 Å². The van der Waals surface area contributed by atoms with Gasteiger partial charge in [0.1, 0.15) is 0 Å². The van der Waals surface area contributed by atoms with Gasteiger partial charge in [-0.15, -0.1) is 3.89 Å². The van der Waals surface area contributed by atoms with E-state index in [0.717, 1.165) is 5.69 Å². The fourth-order valence-corrected chi connectivity index (χ4v) is 1.75. The van der Waals surface area contributed by atoms with Crippen molar-refractivity contribution in [3.63, 3.8) is 0 Å². The molecule has 0 spiro atoms. The van der Waals surface area contributed by atoms with Crippen LogP contribution < -0.4 is 5.32 Å². The largest absolute Gasteiger partial charge is 0.384 e. The van der Waals surface area contributed by atoms with Gasteiger partial charge in [0, 0.05) is 12.2 Å². The van der Waals surface area contributed by atoms with Gasteiger partial charge < -0.3 is 5.32 Å². The summed E-state index contributed by atoms with van der Waals surface area (Å²) in [5.74, 6) is -0.506. The van der Waals surface area contributed by atoms with Gasteiger partial charge in [-0.2, -0.15) is 8.42 Å². The second-order valence-electron chi connectivity index (χ2n) is 5.00. The van der Waals surface area contributed by atoms with Crippen LogP contribution in [0.4, 0.5) is 9.57 Å². The monoisotopic (exact) mass is 259 g/mol. The van der Waals surface area contributed by atoms with Crippen LogP contribution in [-0.4, -0.2) is 20.7 Å². The highest BCUT2D eigenvalue weighted by Gasteiger charge is 2.12. The molecule has 0 aliphatic carbocycles. The van der Waals surface area contributed by atoms with Crippen molar-refractivity contribution in [2.24, 2.45) is 0 Å². The van der Waals surface area contributed by atoms with E-state index in [2.05, 4.69) is 26.1 Å². The Morgan fingerprint density at radius 1 is 1.18 bits per heavy atom. The van der Waals surface area contributed by atoms with Crippen LogP contribution in [0.3, 0.4) is 0 Å². The smallest absolute Gasteiger partial charge is 0.304 e. The maximum Gasteiger partial charge on any atom is 0.304 e. The summed E-state index contributed by atoms with van der Waals surface area (Å²) in [6.45, 7) is 6.43. The molecule has 0 atom stereocenters. The van der Waals surface area contributed by atoms with Gasteiger partial charge in [0.05, 0.1) is 5.75 Å². The Bertz CT molecular complexity index is 460. The van der Waals surface area contributed by atoms with Crippen molar-refractivity contribution in [3.05, 3.63) is 29.8 Å². The first kappa shape index (κ1) is 14.0. The van der Waals surface area contributed by atoms with Crippen LogP contribution in [0.1, 0.15) is 26.3 Å². The molecule has 17 heavy (non-hydrogen) atoms. The lowest BCUT2D eigenvalue weighted by Crippen LogP contribution is -2.13. The minimum atomic E-state index is -4.39. The minimum absolute atomic E-state index is 0.0771. The molecule has 0 radical (unpaired) electrons. The average Bonchev–Trinajstić information content (AvgIpc) is 2.15. The number of benzene rings is 1. The summed E-state index contributed by atoms with van der Waals surface area (Å²) >= 11 is 0. The number of halogens is 1.